The van der Waals surface area contributed by atoms with E-state index < -0.39 is 0 Å². The molecule has 0 aliphatic heterocycles. The van der Waals surface area contributed by atoms with Gasteiger partial charge in [-0.05, 0) is 29.5 Å². The number of carbonyl (C=O) groups is 1. The fraction of sp³-hybridized carbons (Fsp3) is 0.360. The zero-order valence-electron chi connectivity index (χ0n) is 18.3. The van der Waals surface area contributed by atoms with Crippen LogP contribution in [0.2, 0.25) is 0 Å². The number of nitrogens with zero attached hydrogens (tertiary/aromatic N) is 3. The number of carbonyl (C=O) groups excluding carboxylic acids is 1. The molecular weight excluding hydrogens is 374 g/mol. The standard InChI is InChI=1S/C25H31N3O2/c1-5-27(4)25(29)23-18-30-24(26-23)17-28(15-20-9-7-6-8-10-20)16-21-11-13-22(14-12-21)19(2)3/h6-14,18-19H,5,15-17H2,1-4H3. The molecule has 30 heavy (non-hydrogen) atoms. The summed E-state index contributed by atoms with van der Waals surface area (Å²) < 4.78 is 5.64. The van der Waals surface area contributed by atoms with Crippen LogP contribution in [0.5, 0.6) is 0 Å². The molecular formula is C25H31N3O2. The van der Waals surface area contributed by atoms with Gasteiger partial charge >= 0.3 is 0 Å². The van der Waals surface area contributed by atoms with Crippen molar-refractivity contribution in [1.82, 2.24) is 14.8 Å². The quantitative estimate of drug-likeness (QED) is 0.497. The highest BCUT2D eigenvalue weighted by Crippen LogP contribution is 2.18. The lowest BCUT2D eigenvalue weighted by Gasteiger charge is -2.21. The van der Waals surface area contributed by atoms with Gasteiger partial charge in [0.15, 0.2) is 5.69 Å². The molecule has 1 aromatic heterocycles. The topological polar surface area (TPSA) is 49.6 Å². The van der Waals surface area contributed by atoms with Gasteiger partial charge in [-0.15, -0.1) is 0 Å². The summed E-state index contributed by atoms with van der Waals surface area (Å²) in [5.41, 5.74) is 4.16. The van der Waals surface area contributed by atoms with E-state index in [-0.39, 0.29) is 5.91 Å². The van der Waals surface area contributed by atoms with Crippen molar-refractivity contribution >= 4 is 5.91 Å². The van der Waals surface area contributed by atoms with Gasteiger partial charge in [-0.3, -0.25) is 9.69 Å². The predicted octanol–water partition coefficient (Wildman–Crippen LogP) is 5.09. The van der Waals surface area contributed by atoms with Gasteiger partial charge in [0.25, 0.3) is 5.91 Å². The Morgan fingerprint density at radius 3 is 2.20 bits per heavy atom. The maximum atomic E-state index is 12.3. The van der Waals surface area contributed by atoms with Crippen LogP contribution >= 0.6 is 0 Å². The van der Waals surface area contributed by atoms with Crippen LogP contribution in [0.15, 0.2) is 65.3 Å². The number of amides is 1. The van der Waals surface area contributed by atoms with E-state index in [1.165, 1.54) is 23.0 Å². The summed E-state index contributed by atoms with van der Waals surface area (Å²) in [6, 6.07) is 19.1. The summed E-state index contributed by atoms with van der Waals surface area (Å²) in [4.78, 5) is 20.7. The smallest absolute Gasteiger partial charge is 0.275 e. The summed E-state index contributed by atoms with van der Waals surface area (Å²) in [5, 5.41) is 0. The van der Waals surface area contributed by atoms with Crippen molar-refractivity contribution in [2.45, 2.75) is 46.3 Å². The molecule has 0 bridgehead atoms. The second kappa shape index (κ2) is 10.2. The molecule has 1 heterocycles. The van der Waals surface area contributed by atoms with Gasteiger partial charge in [-0.2, -0.15) is 0 Å². The highest BCUT2D eigenvalue weighted by Gasteiger charge is 2.18. The number of rotatable bonds is 9. The molecule has 0 fully saturated rings. The number of benzene rings is 2. The van der Waals surface area contributed by atoms with Crippen LogP contribution in [0, 0.1) is 0 Å². The Bertz CT molecular complexity index is 933. The van der Waals surface area contributed by atoms with E-state index in [0.29, 0.717) is 30.6 Å². The Kier molecular flexibility index (Phi) is 7.41. The maximum absolute atomic E-state index is 12.3. The molecule has 0 unspecified atom stereocenters. The SMILES string of the molecule is CCN(C)C(=O)c1coc(CN(Cc2ccccc2)Cc2ccc(C(C)C)cc2)n1. The van der Waals surface area contributed by atoms with Gasteiger partial charge in [0.1, 0.15) is 6.26 Å². The first-order valence-corrected chi connectivity index (χ1v) is 10.5. The van der Waals surface area contributed by atoms with E-state index in [9.17, 15) is 4.79 Å². The third kappa shape index (κ3) is 5.80. The van der Waals surface area contributed by atoms with Crippen LogP contribution < -0.4 is 0 Å². The number of oxazole rings is 1. The van der Waals surface area contributed by atoms with Crippen molar-refractivity contribution < 1.29 is 9.21 Å². The monoisotopic (exact) mass is 405 g/mol. The average molecular weight is 406 g/mol. The van der Waals surface area contributed by atoms with Gasteiger partial charge in [-0.25, -0.2) is 4.98 Å². The first-order valence-electron chi connectivity index (χ1n) is 10.5. The Morgan fingerprint density at radius 2 is 1.60 bits per heavy atom. The van der Waals surface area contributed by atoms with Crippen molar-refractivity contribution in [2.75, 3.05) is 13.6 Å². The molecule has 0 saturated carbocycles. The van der Waals surface area contributed by atoms with E-state index in [4.69, 9.17) is 4.42 Å². The van der Waals surface area contributed by atoms with Crippen LogP contribution in [0.4, 0.5) is 0 Å². The van der Waals surface area contributed by atoms with Crippen LogP contribution in [-0.4, -0.2) is 34.3 Å². The third-order valence-corrected chi connectivity index (χ3v) is 5.25. The first-order chi connectivity index (χ1) is 14.5. The van der Waals surface area contributed by atoms with Crippen LogP contribution in [0.3, 0.4) is 0 Å². The summed E-state index contributed by atoms with van der Waals surface area (Å²) in [7, 11) is 1.76. The molecule has 0 spiro atoms. The minimum absolute atomic E-state index is 0.119. The molecule has 0 radical (unpaired) electrons. The molecule has 0 aliphatic carbocycles. The predicted molar refractivity (Wildman–Crippen MR) is 119 cm³/mol. The number of aromatic nitrogens is 1. The van der Waals surface area contributed by atoms with E-state index >= 15 is 0 Å². The largest absolute Gasteiger partial charge is 0.447 e. The summed E-state index contributed by atoms with van der Waals surface area (Å²) in [6.45, 7) is 9.05. The lowest BCUT2D eigenvalue weighted by Crippen LogP contribution is -2.26. The molecule has 0 aliphatic rings. The lowest BCUT2D eigenvalue weighted by molar-refractivity contribution is 0.0796. The van der Waals surface area contributed by atoms with Crippen LogP contribution in [-0.2, 0) is 19.6 Å². The van der Waals surface area contributed by atoms with E-state index in [1.807, 2.05) is 25.1 Å². The first kappa shape index (κ1) is 21.8. The number of hydrogen-bond donors (Lipinski definition) is 0. The summed E-state index contributed by atoms with van der Waals surface area (Å²) >= 11 is 0. The highest BCUT2D eigenvalue weighted by molar-refractivity contribution is 5.91. The zero-order valence-corrected chi connectivity index (χ0v) is 18.3. The van der Waals surface area contributed by atoms with Crippen LogP contribution in [0.1, 0.15) is 59.8 Å². The van der Waals surface area contributed by atoms with Crippen molar-refractivity contribution in [2.24, 2.45) is 0 Å². The average Bonchev–Trinajstić information content (AvgIpc) is 3.22. The molecule has 5 heteroatoms. The van der Waals surface area contributed by atoms with Gasteiger partial charge < -0.3 is 9.32 Å². The molecule has 1 amide bonds. The minimum atomic E-state index is -0.119. The van der Waals surface area contributed by atoms with E-state index in [2.05, 4.69) is 60.1 Å². The van der Waals surface area contributed by atoms with Crippen molar-refractivity contribution in [3.05, 3.63) is 89.1 Å². The Hall–Kier alpha value is -2.92. The van der Waals surface area contributed by atoms with Crippen molar-refractivity contribution in [3.63, 3.8) is 0 Å². The Balaban J connectivity index is 1.76. The van der Waals surface area contributed by atoms with Gasteiger partial charge in [0.2, 0.25) is 5.89 Å². The fourth-order valence-corrected chi connectivity index (χ4v) is 3.29. The minimum Gasteiger partial charge on any atom is -0.447 e. The Morgan fingerprint density at radius 1 is 0.967 bits per heavy atom. The maximum Gasteiger partial charge on any atom is 0.275 e. The highest BCUT2D eigenvalue weighted by atomic mass is 16.3. The lowest BCUT2D eigenvalue weighted by atomic mass is 10.0. The summed E-state index contributed by atoms with van der Waals surface area (Å²) in [6.07, 6.45) is 1.46. The number of hydrogen-bond acceptors (Lipinski definition) is 4. The molecule has 158 valence electrons. The molecule has 0 atom stereocenters. The molecule has 3 rings (SSSR count). The molecule has 0 N–H and O–H groups in total. The molecule has 0 saturated heterocycles. The van der Waals surface area contributed by atoms with Gasteiger partial charge in [-0.1, -0.05) is 68.4 Å². The van der Waals surface area contributed by atoms with E-state index in [0.717, 1.165) is 13.1 Å². The zero-order chi connectivity index (χ0) is 21.5. The van der Waals surface area contributed by atoms with Crippen molar-refractivity contribution in [1.29, 1.82) is 0 Å². The molecule has 5 nitrogen and oxygen atoms in total. The Labute approximate surface area is 179 Å². The van der Waals surface area contributed by atoms with E-state index in [1.54, 1.807) is 11.9 Å². The van der Waals surface area contributed by atoms with Crippen molar-refractivity contribution in [3.8, 4) is 0 Å². The fourth-order valence-electron chi connectivity index (χ4n) is 3.29. The second-order valence-electron chi connectivity index (χ2n) is 7.97. The van der Waals surface area contributed by atoms with Crippen LogP contribution in [0.25, 0.3) is 0 Å². The van der Waals surface area contributed by atoms with Gasteiger partial charge in [0, 0.05) is 26.7 Å². The third-order valence-electron chi connectivity index (χ3n) is 5.25. The normalized spacial score (nSPS) is 11.3. The molecule has 2 aromatic carbocycles. The summed E-state index contributed by atoms with van der Waals surface area (Å²) in [5.74, 6) is 0.952. The second-order valence-corrected chi connectivity index (χ2v) is 7.97. The van der Waals surface area contributed by atoms with Gasteiger partial charge in [0.05, 0.1) is 6.54 Å². The molecule has 3 aromatic rings.